The summed E-state index contributed by atoms with van der Waals surface area (Å²) in [5.74, 6) is -3.02. The molecular weight excluding hydrogens is 429 g/mol. The van der Waals surface area contributed by atoms with Crippen molar-refractivity contribution < 1.29 is 30.7 Å². The van der Waals surface area contributed by atoms with Gasteiger partial charge >= 0.3 is 12.4 Å². The number of aryl methyl sites for hydroxylation is 1. The fourth-order valence-electron chi connectivity index (χ4n) is 2.42. The van der Waals surface area contributed by atoms with Crippen LogP contribution in [0.25, 0.3) is 6.08 Å². The molecule has 0 nitrogen and oxygen atoms in total. The third kappa shape index (κ3) is 5.09. The minimum Gasteiger partial charge on any atom is -0.207 e. The second-order valence-corrected chi connectivity index (χ2v) is 6.57. The van der Waals surface area contributed by atoms with Crippen LogP contribution >= 0.6 is 15.9 Å². The molecule has 26 heavy (non-hydrogen) atoms. The van der Waals surface area contributed by atoms with Gasteiger partial charge in [-0.2, -0.15) is 26.3 Å². The van der Waals surface area contributed by atoms with Crippen molar-refractivity contribution in [3.05, 3.63) is 75.0 Å². The van der Waals surface area contributed by atoms with Gasteiger partial charge in [0.1, 0.15) is 5.82 Å². The third-order valence-corrected chi connectivity index (χ3v) is 4.10. The first kappa shape index (κ1) is 20.5. The quantitative estimate of drug-likeness (QED) is 0.440. The van der Waals surface area contributed by atoms with Gasteiger partial charge in [-0.05, 0) is 47.9 Å². The summed E-state index contributed by atoms with van der Waals surface area (Å²) in [6, 6.07) is 6.11. The average Bonchev–Trinajstić information content (AvgIpc) is 2.45. The van der Waals surface area contributed by atoms with Crippen molar-refractivity contribution in [2.24, 2.45) is 0 Å². The number of hydrogen-bond acceptors (Lipinski definition) is 0. The lowest BCUT2D eigenvalue weighted by Crippen LogP contribution is -2.19. The highest BCUT2D eigenvalue weighted by Gasteiger charge is 2.39. The molecule has 0 N–H and O–H groups in total. The molecule has 0 fully saturated rings. The van der Waals surface area contributed by atoms with Crippen molar-refractivity contribution in [2.75, 3.05) is 0 Å². The van der Waals surface area contributed by atoms with Crippen molar-refractivity contribution >= 4 is 22.0 Å². The van der Waals surface area contributed by atoms with Crippen molar-refractivity contribution in [3.63, 3.8) is 0 Å². The molecule has 1 unspecified atom stereocenters. The van der Waals surface area contributed by atoms with Gasteiger partial charge in [-0.1, -0.05) is 40.2 Å². The normalized spacial score (nSPS) is 14.0. The Hall–Kier alpha value is -1.83. The molecule has 0 bridgehead atoms. The molecule has 8 heteroatoms. The largest absolute Gasteiger partial charge is 0.416 e. The predicted octanol–water partition coefficient (Wildman–Crippen LogP) is 7.27. The molecule has 1 atom stereocenters. The molecule has 2 aromatic rings. The topological polar surface area (TPSA) is 0 Å². The van der Waals surface area contributed by atoms with Crippen LogP contribution in [-0.2, 0) is 6.18 Å². The number of rotatable bonds is 3. The zero-order chi connectivity index (χ0) is 19.7. The van der Waals surface area contributed by atoms with E-state index < -0.39 is 29.7 Å². The molecule has 0 amide bonds. The number of allylic oxidation sites excluding steroid dienone is 1. The van der Waals surface area contributed by atoms with Crippen LogP contribution in [0.1, 0.15) is 28.2 Å². The number of halogens is 8. The van der Waals surface area contributed by atoms with Gasteiger partial charge in [0, 0.05) is 4.47 Å². The smallest absolute Gasteiger partial charge is 0.207 e. The fourth-order valence-corrected chi connectivity index (χ4v) is 2.90. The zero-order valence-electron chi connectivity index (χ0n) is 13.2. The number of hydrogen-bond donors (Lipinski definition) is 0. The molecule has 0 aromatic heterocycles. The Morgan fingerprint density at radius 3 is 2.15 bits per heavy atom. The van der Waals surface area contributed by atoms with Crippen LogP contribution in [0.3, 0.4) is 0 Å². The van der Waals surface area contributed by atoms with Crippen LogP contribution in [0.15, 0.2) is 46.9 Å². The van der Waals surface area contributed by atoms with Crippen LogP contribution in [0.2, 0.25) is 0 Å². The van der Waals surface area contributed by atoms with Crippen LogP contribution in [0.5, 0.6) is 0 Å². The molecule has 0 saturated heterocycles. The Morgan fingerprint density at radius 1 is 0.962 bits per heavy atom. The summed E-state index contributed by atoms with van der Waals surface area (Å²) in [5.41, 5.74) is -1.34. The first-order valence-electron chi connectivity index (χ1n) is 7.26. The molecular formula is C18H12BrF7. The summed E-state index contributed by atoms with van der Waals surface area (Å²) in [6.07, 6.45) is -7.68. The minimum atomic E-state index is -4.73. The first-order chi connectivity index (χ1) is 11.9. The van der Waals surface area contributed by atoms with E-state index in [2.05, 4.69) is 15.9 Å². The summed E-state index contributed by atoms with van der Waals surface area (Å²) in [6.45, 7) is 1.26. The number of benzene rings is 2. The molecule has 0 aliphatic rings. The van der Waals surface area contributed by atoms with E-state index in [1.165, 1.54) is 19.1 Å². The van der Waals surface area contributed by atoms with E-state index in [-0.39, 0.29) is 21.2 Å². The number of alkyl halides is 6. The standard InChI is InChI=1S/C18H12BrF7/c1-10-2-3-11(6-16(10)18(24,25)26)4-5-15(17(21,22)23)12-7-13(19)9-14(20)8-12/h2-9,15H,1H3/b5-4+. The van der Waals surface area contributed by atoms with E-state index in [0.29, 0.717) is 6.08 Å². The maximum absolute atomic E-state index is 13.4. The SMILES string of the molecule is Cc1ccc(/C=C/C(c2cc(F)cc(Br)c2)C(F)(F)F)cc1C(F)(F)F. The maximum atomic E-state index is 13.4. The van der Waals surface area contributed by atoms with Gasteiger partial charge < -0.3 is 0 Å². The average molecular weight is 441 g/mol. The lowest BCUT2D eigenvalue weighted by molar-refractivity contribution is -0.140. The van der Waals surface area contributed by atoms with Crippen LogP contribution in [-0.4, -0.2) is 6.18 Å². The molecule has 0 saturated carbocycles. The summed E-state index contributed by atoms with van der Waals surface area (Å²) in [5, 5.41) is 0. The van der Waals surface area contributed by atoms with Gasteiger partial charge in [0.2, 0.25) is 0 Å². The fraction of sp³-hybridized carbons (Fsp3) is 0.222. The van der Waals surface area contributed by atoms with Gasteiger partial charge in [-0.15, -0.1) is 0 Å². The van der Waals surface area contributed by atoms with Crippen molar-refractivity contribution in [1.29, 1.82) is 0 Å². The van der Waals surface area contributed by atoms with Crippen molar-refractivity contribution in [2.45, 2.75) is 25.2 Å². The predicted molar refractivity (Wildman–Crippen MR) is 88.1 cm³/mol. The molecule has 0 aliphatic heterocycles. The highest BCUT2D eigenvalue weighted by atomic mass is 79.9. The lowest BCUT2D eigenvalue weighted by Gasteiger charge is -2.18. The van der Waals surface area contributed by atoms with Gasteiger partial charge in [0.25, 0.3) is 0 Å². The van der Waals surface area contributed by atoms with Crippen LogP contribution in [0, 0.1) is 12.7 Å². The first-order valence-corrected chi connectivity index (χ1v) is 8.06. The highest BCUT2D eigenvalue weighted by molar-refractivity contribution is 9.10. The van der Waals surface area contributed by atoms with Crippen molar-refractivity contribution in [1.82, 2.24) is 0 Å². The molecule has 0 radical (unpaired) electrons. The van der Waals surface area contributed by atoms with Gasteiger partial charge in [-0.3, -0.25) is 0 Å². The van der Waals surface area contributed by atoms with E-state index >= 15 is 0 Å². The van der Waals surface area contributed by atoms with Gasteiger partial charge in [0.05, 0.1) is 11.5 Å². The maximum Gasteiger partial charge on any atom is 0.416 e. The summed E-state index contributed by atoms with van der Waals surface area (Å²) in [4.78, 5) is 0. The van der Waals surface area contributed by atoms with E-state index in [0.717, 1.165) is 30.3 Å². The van der Waals surface area contributed by atoms with Gasteiger partial charge in [0.15, 0.2) is 0 Å². The Kier molecular flexibility index (Phi) is 5.85. The monoisotopic (exact) mass is 440 g/mol. The van der Waals surface area contributed by atoms with Crippen LogP contribution < -0.4 is 0 Å². The van der Waals surface area contributed by atoms with E-state index in [9.17, 15) is 30.7 Å². The second-order valence-electron chi connectivity index (χ2n) is 5.65. The zero-order valence-corrected chi connectivity index (χ0v) is 14.8. The molecule has 0 spiro atoms. The molecule has 0 aliphatic carbocycles. The van der Waals surface area contributed by atoms with Crippen LogP contribution in [0.4, 0.5) is 30.7 Å². The second kappa shape index (κ2) is 7.42. The Balaban J connectivity index is 2.44. The minimum absolute atomic E-state index is 0.0314. The summed E-state index contributed by atoms with van der Waals surface area (Å²) >= 11 is 2.93. The molecule has 2 rings (SSSR count). The Bertz CT molecular complexity index is 799. The highest BCUT2D eigenvalue weighted by Crippen LogP contribution is 2.38. The Labute approximate surface area is 153 Å². The lowest BCUT2D eigenvalue weighted by atomic mass is 9.96. The Morgan fingerprint density at radius 2 is 1.62 bits per heavy atom. The molecule has 140 valence electrons. The van der Waals surface area contributed by atoms with E-state index in [4.69, 9.17) is 0 Å². The molecule has 0 heterocycles. The summed E-state index contributed by atoms with van der Waals surface area (Å²) in [7, 11) is 0. The van der Waals surface area contributed by atoms with E-state index in [1.54, 1.807) is 0 Å². The summed E-state index contributed by atoms with van der Waals surface area (Å²) < 4.78 is 92.3. The third-order valence-electron chi connectivity index (χ3n) is 3.64. The van der Waals surface area contributed by atoms with Gasteiger partial charge in [-0.25, -0.2) is 4.39 Å². The van der Waals surface area contributed by atoms with E-state index in [1.807, 2.05) is 0 Å². The molecule has 2 aromatic carbocycles. The van der Waals surface area contributed by atoms with Crippen molar-refractivity contribution in [3.8, 4) is 0 Å².